The predicted molar refractivity (Wildman–Crippen MR) is 81.1 cm³/mol. The van der Waals surface area contributed by atoms with E-state index in [0.717, 1.165) is 31.2 Å². The van der Waals surface area contributed by atoms with Gasteiger partial charge in [-0.3, -0.25) is 14.6 Å². The molecular formula is C16H21N3O4. The van der Waals surface area contributed by atoms with Crippen molar-refractivity contribution in [1.29, 1.82) is 0 Å². The highest BCUT2D eigenvalue weighted by atomic mass is 16.7. The number of hydrogen-bond acceptors (Lipinski definition) is 5. The average molecular weight is 319 g/mol. The molecule has 1 aliphatic heterocycles. The molecule has 2 N–H and O–H groups in total. The van der Waals surface area contributed by atoms with E-state index in [1.807, 2.05) is 0 Å². The summed E-state index contributed by atoms with van der Waals surface area (Å²) in [4.78, 5) is 27.5. The Hall–Kier alpha value is -1.99. The molecular weight excluding hydrogens is 298 g/mol. The maximum atomic E-state index is 11.8. The molecule has 0 radical (unpaired) electrons. The van der Waals surface area contributed by atoms with Crippen LogP contribution >= 0.6 is 0 Å². The van der Waals surface area contributed by atoms with Gasteiger partial charge in [0.2, 0.25) is 0 Å². The lowest BCUT2D eigenvalue weighted by Crippen LogP contribution is -2.43. The summed E-state index contributed by atoms with van der Waals surface area (Å²) in [5, 5.41) is 5.17. The van der Waals surface area contributed by atoms with Crippen molar-refractivity contribution in [3.05, 3.63) is 30.1 Å². The zero-order chi connectivity index (χ0) is 16.1. The summed E-state index contributed by atoms with van der Waals surface area (Å²) in [5.74, 6) is -1.76. The molecule has 1 aromatic heterocycles. The molecule has 7 nitrogen and oxygen atoms in total. The van der Waals surface area contributed by atoms with Crippen LogP contribution in [-0.2, 0) is 25.6 Å². The number of nitrogens with one attached hydrogen (secondary N) is 2. The Morgan fingerprint density at radius 2 is 1.87 bits per heavy atom. The van der Waals surface area contributed by atoms with Crippen molar-refractivity contribution in [2.24, 2.45) is 0 Å². The Kier molecular flexibility index (Phi) is 4.88. The van der Waals surface area contributed by atoms with Crippen molar-refractivity contribution in [2.45, 2.75) is 44.1 Å². The van der Waals surface area contributed by atoms with Gasteiger partial charge < -0.3 is 20.1 Å². The molecule has 1 atom stereocenters. The van der Waals surface area contributed by atoms with E-state index in [0.29, 0.717) is 13.2 Å². The number of nitrogens with zero attached hydrogens (tertiary/aromatic N) is 1. The van der Waals surface area contributed by atoms with E-state index < -0.39 is 17.6 Å². The number of amides is 2. The molecule has 0 bridgehead atoms. The van der Waals surface area contributed by atoms with Gasteiger partial charge >= 0.3 is 11.8 Å². The number of aromatic nitrogens is 1. The maximum Gasteiger partial charge on any atom is 0.309 e. The van der Waals surface area contributed by atoms with Gasteiger partial charge in [-0.1, -0.05) is 0 Å². The summed E-state index contributed by atoms with van der Waals surface area (Å²) in [5.41, 5.74) is 0.886. The summed E-state index contributed by atoms with van der Waals surface area (Å²) in [6.07, 6.45) is 7.11. The van der Waals surface area contributed by atoms with Crippen LogP contribution < -0.4 is 10.6 Å². The van der Waals surface area contributed by atoms with Gasteiger partial charge in [0.15, 0.2) is 5.79 Å². The standard InChI is InChI=1S/C16H21N3O4/c20-14(18-9-12-3-7-17-8-4-12)15(21)19-10-13-11-22-16(23-13)5-1-2-6-16/h3-4,7-8,13H,1-2,5-6,9-11H2,(H,18,20)(H,19,21)/t13-/m0/s1. The van der Waals surface area contributed by atoms with Crippen molar-refractivity contribution >= 4 is 11.8 Å². The van der Waals surface area contributed by atoms with E-state index >= 15 is 0 Å². The van der Waals surface area contributed by atoms with E-state index in [4.69, 9.17) is 9.47 Å². The summed E-state index contributed by atoms with van der Waals surface area (Å²) < 4.78 is 11.6. The number of carbonyl (C=O) groups excluding carboxylic acids is 2. The summed E-state index contributed by atoms with van der Waals surface area (Å²) in [6, 6.07) is 3.56. The predicted octanol–water partition coefficient (Wildman–Crippen LogP) is 0.500. The number of rotatable bonds is 4. The SMILES string of the molecule is O=C(NCc1ccncc1)C(=O)NC[C@H]1COC2(CCCC2)O1. The molecule has 124 valence electrons. The molecule has 2 aliphatic rings. The third kappa shape index (κ3) is 4.05. The largest absolute Gasteiger partial charge is 0.347 e. The summed E-state index contributed by atoms with van der Waals surface area (Å²) in [7, 11) is 0. The van der Waals surface area contributed by atoms with Crippen LogP contribution in [0, 0.1) is 0 Å². The number of carbonyl (C=O) groups is 2. The summed E-state index contributed by atoms with van der Waals surface area (Å²) in [6.45, 7) is 1.03. The van der Waals surface area contributed by atoms with E-state index in [-0.39, 0.29) is 12.6 Å². The average Bonchev–Trinajstić information content (AvgIpc) is 3.21. The second kappa shape index (κ2) is 7.06. The monoisotopic (exact) mass is 319 g/mol. The fourth-order valence-electron chi connectivity index (χ4n) is 2.94. The highest BCUT2D eigenvalue weighted by Gasteiger charge is 2.43. The van der Waals surface area contributed by atoms with Crippen LogP contribution in [0.3, 0.4) is 0 Å². The van der Waals surface area contributed by atoms with Gasteiger partial charge in [0, 0.05) is 38.3 Å². The zero-order valence-electron chi connectivity index (χ0n) is 12.9. The minimum atomic E-state index is -0.657. The lowest BCUT2D eigenvalue weighted by atomic mass is 10.2. The molecule has 2 fully saturated rings. The van der Waals surface area contributed by atoms with Crippen LogP contribution in [-0.4, -0.2) is 41.8 Å². The normalized spacial score (nSPS) is 22.2. The van der Waals surface area contributed by atoms with Gasteiger partial charge in [0.25, 0.3) is 0 Å². The Morgan fingerprint density at radius 1 is 1.17 bits per heavy atom. The first-order chi connectivity index (χ1) is 11.2. The minimum Gasteiger partial charge on any atom is -0.347 e. The molecule has 7 heteroatoms. The quantitative estimate of drug-likeness (QED) is 0.789. The van der Waals surface area contributed by atoms with Crippen LogP contribution in [0.15, 0.2) is 24.5 Å². The fraction of sp³-hybridized carbons (Fsp3) is 0.562. The van der Waals surface area contributed by atoms with Crippen LogP contribution in [0.2, 0.25) is 0 Å². The number of pyridine rings is 1. The van der Waals surface area contributed by atoms with Crippen LogP contribution in [0.1, 0.15) is 31.2 Å². The van der Waals surface area contributed by atoms with Gasteiger partial charge in [-0.2, -0.15) is 0 Å². The molecule has 23 heavy (non-hydrogen) atoms. The van der Waals surface area contributed by atoms with Crippen molar-refractivity contribution < 1.29 is 19.1 Å². The number of ether oxygens (including phenoxy) is 2. The van der Waals surface area contributed by atoms with Gasteiger partial charge in [0.05, 0.1) is 6.61 Å². The van der Waals surface area contributed by atoms with Gasteiger partial charge in [-0.25, -0.2) is 0 Å². The lowest BCUT2D eigenvalue weighted by Gasteiger charge is -2.21. The molecule has 2 heterocycles. The highest BCUT2D eigenvalue weighted by molar-refractivity contribution is 6.35. The first-order valence-electron chi connectivity index (χ1n) is 7.94. The first kappa shape index (κ1) is 15.9. The highest BCUT2D eigenvalue weighted by Crippen LogP contribution is 2.38. The molecule has 0 aromatic carbocycles. The zero-order valence-corrected chi connectivity index (χ0v) is 12.9. The molecule has 1 saturated carbocycles. The fourth-order valence-corrected chi connectivity index (χ4v) is 2.94. The third-order valence-electron chi connectivity index (χ3n) is 4.18. The van der Waals surface area contributed by atoms with Crippen LogP contribution in [0.25, 0.3) is 0 Å². The van der Waals surface area contributed by atoms with Gasteiger partial charge in [-0.15, -0.1) is 0 Å². The van der Waals surface area contributed by atoms with Crippen molar-refractivity contribution in [3.63, 3.8) is 0 Å². The van der Waals surface area contributed by atoms with Crippen molar-refractivity contribution in [1.82, 2.24) is 15.6 Å². The van der Waals surface area contributed by atoms with Gasteiger partial charge in [0.1, 0.15) is 6.10 Å². The Labute approximate surface area is 134 Å². The Morgan fingerprint density at radius 3 is 2.61 bits per heavy atom. The van der Waals surface area contributed by atoms with E-state index in [1.54, 1.807) is 24.5 Å². The van der Waals surface area contributed by atoms with Crippen molar-refractivity contribution in [3.8, 4) is 0 Å². The Bertz CT molecular complexity index is 558. The van der Waals surface area contributed by atoms with Crippen LogP contribution in [0.4, 0.5) is 0 Å². The van der Waals surface area contributed by atoms with E-state index in [2.05, 4.69) is 15.6 Å². The van der Waals surface area contributed by atoms with E-state index in [1.165, 1.54) is 0 Å². The topological polar surface area (TPSA) is 89.6 Å². The van der Waals surface area contributed by atoms with Crippen molar-refractivity contribution in [2.75, 3.05) is 13.2 Å². The molecule has 1 saturated heterocycles. The first-order valence-corrected chi connectivity index (χ1v) is 7.94. The molecule has 1 spiro atoms. The molecule has 0 unspecified atom stereocenters. The molecule has 1 aliphatic carbocycles. The second-order valence-corrected chi connectivity index (χ2v) is 5.92. The van der Waals surface area contributed by atoms with Crippen LogP contribution in [0.5, 0.6) is 0 Å². The van der Waals surface area contributed by atoms with Gasteiger partial charge in [-0.05, 0) is 30.5 Å². The minimum absolute atomic E-state index is 0.190. The summed E-state index contributed by atoms with van der Waals surface area (Å²) >= 11 is 0. The lowest BCUT2D eigenvalue weighted by molar-refractivity contribution is -0.161. The second-order valence-electron chi connectivity index (χ2n) is 5.92. The molecule has 2 amide bonds. The van der Waals surface area contributed by atoms with E-state index in [9.17, 15) is 9.59 Å². The smallest absolute Gasteiger partial charge is 0.309 e. The Balaban J connectivity index is 1.38. The molecule has 3 rings (SSSR count). The number of hydrogen-bond donors (Lipinski definition) is 2. The maximum absolute atomic E-state index is 11.8. The molecule has 1 aromatic rings. The third-order valence-corrected chi connectivity index (χ3v) is 4.18.